The van der Waals surface area contributed by atoms with Crippen molar-refractivity contribution in [2.24, 2.45) is 0 Å². The Morgan fingerprint density at radius 1 is 1.28 bits per heavy atom. The third kappa shape index (κ3) is 3.72. The summed E-state index contributed by atoms with van der Waals surface area (Å²) in [5, 5.41) is 9.39. The molecule has 154 valence electrons. The van der Waals surface area contributed by atoms with Gasteiger partial charge in [0.1, 0.15) is 5.75 Å². The number of nitrogens with one attached hydrogen (secondary N) is 3. The van der Waals surface area contributed by atoms with Crippen molar-refractivity contribution in [3.63, 3.8) is 0 Å². The first-order valence-electron chi connectivity index (χ1n) is 9.88. The normalized spacial score (nSPS) is 15.8. The number of nitrogens with zero attached hydrogens (tertiary/aromatic N) is 2. The molecule has 1 aromatic heterocycles. The van der Waals surface area contributed by atoms with Gasteiger partial charge in [-0.05, 0) is 37.9 Å². The van der Waals surface area contributed by atoms with Gasteiger partial charge in [-0.2, -0.15) is 4.98 Å². The molecule has 4 rings (SSSR count). The largest absolute Gasteiger partial charge is 0.492 e. The average Bonchev–Trinajstić information content (AvgIpc) is 3.00. The number of ether oxygens (including phenoxy) is 2. The molecule has 0 saturated carbocycles. The summed E-state index contributed by atoms with van der Waals surface area (Å²) < 4.78 is 26.8. The Labute approximate surface area is 169 Å². The van der Waals surface area contributed by atoms with Crippen LogP contribution in [0, 0.1) is 12.7 Å². The van der Waals surface area contributed by atoms with E-state index < -0.39 is 0 Å². The van der Waals surface area contributed by atoms with E-state index in [0.29, 0.717) is 46.8 Å². The minimum absolute atomic E-state index is 0.313. The van der Waals surface area contributed by atoms with Crippen LogP contribution in [-0.4, -0.2) is 43.8 Å². The minimum atomic E-state index is -0.332. The van der Waals surface area contributed by atoms with E-state index in [2.05, 4.69) is 32.0 Å². The fraction of sp³-hybridized carbons (Fsp3) is 0.429. The number of methoxy groups -OCH3 is 1. The van der Waals surface area contributed by atoms with E-state index in [4.69, 9.17) is 9.47 Å². The van der Waals surface area contributed by atoms with Crippen molar-refractivity contribution in [3.8, 4) is 11.5 Å². The Morgan fingerprint density at radius 2 is 2.14 bits per heavy atom. The van der Waals surface area contributed by atoms with Crippen LogP contribution >= 0.6 is 0 Å². The van der Waals surface area contributed by atoms with Crippen LogP contribution in [0.15, 0.2) is 12.1 Å². The summed E-state index contributed by atoms with van der Waals surface area (Å²) in [7, 11) is 3.33. The zero-order valence-electron chi connectivity index (χ0n) is 17.0. The summed E-state index contributed by atoms with van der Waals surface area (Å²) in [5.74, 6) is 1.77. The number of hydrogen-bond donors (Lipinski definition) is 3. The molecule has 2 aromatic rings. The van der Waals surface area contributed by atoms with Crippen LogP contribution in [0.4, 0.5) is 21.8 Å². The summed E-state index contributed by atoms with van der Waals surface area (Å²) in [6.45, 7) is 4.05. The topological polar surface area (TPSA) is 80.3 Å². The van der Waals surface area contributed by atoms with Gasteiger partial charge in [0.25, 0.3) is 0 Å². The van der Waals surface area contributed by atoms with Crippen LogP contribution in [0.2, 0.25) is 0 Å². The quantitative estimate of drug-likeness (QED) is 0.711. The van der Waals surface area contributed by atoms with E-state index in [1.807, 2.05) is 6.92 Å². The predicted molar refractivity (Wildman–Crippen MR) is 112 cm³/mol. The highest BCUT2D eigenvalue weighted by atomic mass is 19.1. The Balaban J connectivity index is 1.77. The lowest BCUT2D eigenvalue weighted by Gasteiger charge is -2.17. The number of allylic oxidation sites excluding steroid dienone is 1. The Hall–Kier alpha value is -2.87. The molecule has 0 amide bonds. The average molecular weight is 399 g/mol. The molecule has 0 atom stereocenters. The molecular formula is C21H26FN5O2. The lowest BCUT2D eigenvalue weighted by atomic mass is 9.96. The first-order chi connectivity index (χ1) is 14.1. The van der Waals surface area contributed by atoms with E-state index in [-0.39, 0.29) is 5.82 Å². The third-order valence-corrected chi connectivity index (χ3v) is 5.25. The smallest absolute Gasteiger partial charge is 0.229 e. The van der Waals surface area contributed by atoms with Gasteiger partial charge in [0, 0.05) is 25.6 Å². The van der Waals surface area contributed by atoms with E-state index in [1.54, 1.807) is 20.2 Å². The molecule has 29 heavy (non-hydrogen) atoms. The molecule has 2 aliphatic heterocycles. The van der Waals surface area contributed by atoms with Gasteiger partial charge >= 0.3 is 0 Å². The standard InChI is InChI=1S/C21H26FN5O2/c1-12-18(28-3)20(23-2)27-21(25-12)26-15-11-14-7-10-29-19(14)16(17(15)22)13-5-4-8-24-9-6-13/h6,11,24H,4-5,7-10H2,1-3H3,(H2,23,25,26,27). The molecule has 7 nitrogen and oxygen atoms in total. The summed E-state index contributed by atoms with van der Waals surface area (Å²) >= 11 is 0. The van der Waals surface area contributed by atoms with Crippen molar-refractivity contribution < 1.29 is 13.9 Å². The molecule has 3 N–H and O–H groups in total. The maximum absolute atomic E-state index is 15.7. The number of halogens is 1. The first kappa shape index (κ1) is 19.4. The van der Waals surface area contributed by atoms with E-state index in [0.717, 1.165) is 43.5 Å². The molecule has 0 saturated heterocycles. The van der Waals surface area contributed by atoms with E-state index in [9.17, 15) is 0 Å². The van der Waals surface area contributed by atoms with Gasteiger partial charge in [-0.15, -0.1) is 0 Å². The van der Waals surface area contributed by atoms with Crippen LogP contribution in [0.25, 0.3) is 5.57 Å². The lowest BCUT2D eigenvalue weighted by molar-refractivity contribution is 0.354. The van der Waals surface area contributed by atoms with Crippen LogP contribution in [0.1, 0.15) is 29.7 Å². The highest BCUT2D eigenvalue weighted by Crippen LogP contribution is 2.42. The molecule has 0 spiro atoms. The SMILES string of the molecule is CNc1nc(Nc2cc3c(c(C4=CCNCCC4)c2F)OCC3)nc(C)c1OC. The fourth-order valence-electron chi connectivity index (χ4n) is 3.87. The van der Waals surface area contributed by atoms with Gasteiger partial charge in [0.15, 0.2) is 17.4 Å². The molecule has 3 heterocycles. The van der Waals surface area contributed by atoms with Crippen LogP contribution < -0.4 is 25.4 Å². The van der Waals surface area contributed by atoms with Gasteiger partial charge in [0.2, 0.25) is 5.95 Å². The molecular weight excluding hydrogens is 373 g/mol. The van der Waals surface area contributed by atoms with Crippen LogP contribution in [-0.2, 0) is 6.42 Å². The number of hydrogen-bond acceptors (Lipinski definition) is 7. The van der Waals surface area contributed by atoms with Crippen molar-refractivity contribution in [1.29, 1.82) is 0 Å². The van der Waals surface area contributed by atoms with Gasteiger partial charge in [-0.1, -0.05) is 6.08 Å². The molecule has 0 radical (unpaired) electrons. The highest BCUT2D eigenvalue weighted by Gasteiger charge is 2.26. The van der Waals surface area contributed by atoms with Gasteiger partial charge < -0.3 is 25.4 Å². The number of aryl methyl sites for hydroxylation is 1. The van der Waals surface area contributed by atoms with Crippen molar-refractivity contribution in [2.75, 3.05) is 44.5 Å². The second-order valence-electron chi connectivity index (χ2n) is 7.13. The summed E-state index contributed by atoms with van der Waals surface area (Å²) in [6.07, 6.45) is 4.59. The molecule has 1 aromatic carbocycles. The number of anilines is 3. The molecule has 2 aliphatic rings. The molecule has 0 bridgehead atoms. The number of benzene rings is 1. The molecule has 0 fully saturated rings. The highest BCUT2D eigenvalue weighted by molar-refractivity contribution is 5.78. The van der Waals surface area contributed by atoms with Gasteiger partial charge in [-0.25, -0.2) is 9.37 Å². The lowest BCUT2D eigenvalue weighted by Crippen LogP contribution is -2.12. The van der Waals surface area contributed by atoms with E-state index >= 15 is 4.39 Å². The summed E-state index contributed by atoms with van der Waals surface area (Å²) in [4.78, 5) is 8.86. The van der Waals surface area contributed by atoms with E-state index in [1.165, 1.54) is 0 Å². The van der Waals surface area contributed by atoms with Crippen molar-refractivity contribution in [2.45, 2.75) is 26.2 Å². The van der Waals surface area contributed by atoms with Crippen molar-refractivity contribution >= 4 is 23.0 Å². The maximum atomic E-state index is 15.7. The Bertz CT molecular complexity index is 961. The second-order valence-corrected chi connectivity index (χ2v) is 7.13. The third-order valence-electron chi connectivity index (χ3n) is 5.25. The van der Waals surface area contributed by atoms with Crippen LogP contribution in [0.3, 0.4) is 0 Å². The Kier molecular flexibility index (Phi) is 5.53. The molecule has 0 aliphatic carbocycles. The maximum Gasteiger partial charge on any atom is 0.229 e. The number of rotatable bonds is 5. The summed E-state index contributed by atoms with van der Waals surface area (Å²) in [6, 6.07) is 1.80. The van der Waals surface area contributed by atoms with Crippen LogP contribution in [0.5, 0.6) is 11.5 Å². The zero-order chi connectivity index (χ0) is 20.4. The molecule has 8 heteroatoms. The zero-order valence-corrected chi connectivity index (χ0v) is 17.0. The number of aromatic nitrogens is 2. The second kappa shape index (κ2) is 8.24. The monoisotopic (exact) mass is 399 g/mol. The van der Waals surface area contributed by atoms with Crippen molar-refractivity contribution in [3.05, 3.63) is 34.8 Å². The van der Waals surface area contributed by atoms with Crippen molar-refractivity contribution in [1.82, 2.24) is 15.3 Å². The predicted octanol–water partition coefficient (Wildman–Crippen LogP) is 3.42. The fourth-order valence-corrected chi connectivity index (χ4v) is 3.87. The van der Waals surface area contributed by atoms with Gasteiger partial charge in [-0.3, -0.25) is 0 Å². The summed E-state index contributed by atoms with van der Waals surface area (Å²) in [5.41, 5.74) is 3.56. The molecule has 0 unspecified atom stereocenters. The Morgan fingerprint density at radius 3 is 2.93 bits per heavy atom. The minimum Gasteiger partial charge on any atom is -0.492 e. The van der Waals surface area contributed by atoms with Gasteiger partial charge in [0.05, 0.1) is 30.7 Å². The number of fused-ring (bicyclic) bond motifs is 1. The first-order valence-corrected chi connectivity index (χ1v) is 9.88.